The Morgan fingerprint density at radius 1 is 1.00 bits per heavy atom. The Morgan fingerprint density at radius 2 is 1.63 bits per heavy atom. The third-order valence-electron chi connectivity index (χ3n) is 5.62. The molecular weight excluding hydrogens is 502 g/mol. The van der Waals surface area contributed by atoms with Gasteiger partial charge in [-0.3, -0.25) is 4.79 Å². The van der Waals surface area contributed by atoms with E-state index in [9.17, 15) is 30.4 Å². The molecule has 2 aromatic carbocycles. The maximum atomic E-state index is 14.7. The molecule has 12 heteroatoms. The van der Waals surface area contributed by atoms with Crippen LogP contribution in [0.1, 0.15) is 31.1 Å². The lowest BCUT2D eigenvalue weighted by atomic mass is 10.1. The highest BCUT2D eigenvalue weighted by atomic mass is 32.2. The van der Waals surface area contributed by atoms with Gasteiger partial charge in [0.25, 0.3) is 5.91 Å². The van der Waals surface area contributed by atoms with Crippen molar-refractivity contribution in [3.05, 3.63) is 47.5 Å². The van der Waals surface area contributed by atoms with Crippen molar-refractivity contribution in [2.24, 2.45) is 0 Å². The van der Waals surface area contributed by atoms with Crippen molar-refractivity contribution < 1.29 is 35.1 Å². The first kappa shape index (κ1) is 26.9. The lowest BCUT2D eigenvalue weighted by molar-refractivity contribution is 0.0740. The van der Waals surface area contributed by atoms with E-state index >= 15 is 0 Å². The summed E-state index contributed by atoms with van der Waals surface area (Å²) in [5.74, 6) is -3.22. The van der Waals surface area contributed by atoms with Crippen LogP contribution in [0.5, 0.6) is 5.75 Å². The molecule has 3 rings (SSSR count). The lowest BCUT2D eigenvalue weighted by Gasteiger charge is -2.36. The van der Waals surface area contributed by atoms with Crippen molar-refractivity contribution in [1.82, 2.24) is 4.90 Å². The largest absolute Gasteiger partial charge is 0.490 e. The van der Waals surface area contributed by atoms with Crippen LogP contribution in [0.3, 0.4) is 0 Å². The number of anilines is 1. The van der Waals surface area contributed by atoms with E-state index in [1.165, 1.54) is 41.0 Å². The van der Waals surface area contributed by atoms with Crippen molar-refractivity contribution >= 4 is 31.3 Å². The zero-order valence-corrected chi connectivity index (χ0v) is 21.5. The van der Waals surface area contributed by atoms with Crippen molar-refractivity contribution in [2.45, 2.75) is 36.7 Å². The fourth-order valence-electron chi connectivity index (χ4n) is 3.75. The van der Waals surface area contributed by atoms with Gasteiger partial charge in [-0.2, -0.15) is 0 Å². The van der Waals surface area contributed by atoms with Crippen LogP contribution in [-0.2, 0) is 19.7 Å². The number of amides is 1. The molecule has 0 bridgehead atoms. The Hall–Kier alpha value is -2.73. The topological polar surface area (TPSA) is 101 Å². The van der Waals surface area contributed by atoms with Crippen molar-refractivity contribution in [3.8, 4) is 5.75 Å². The maximum Gasteiger partial charge on any atom is 0.257 e. The van der Waals surface area contributed by atoms with Gasteiger partial charge in [0.2, 0.25) is 0 Å². The summed E-state index contributed by atoms with van der Waals surface area (Å²) in [6.45, 7) is 5.53. The summed E-state index contributed by atoms with van der Waals surface area (Å²) >= 11 is 0. The zero-order chi connectivity index (χ0) is 26.1. The van der Waals surface area contributed by atoms with Crippen LogP contribution >= 0.6 is 0 Å². The second-order valence-corrected chi connectivity index (χ2v) is 12.8. The highest BCUT2D eigenvalue weighted by Gasteiger charge is 2.29. The van der Waals surface area contributed by atoms with E-state index in [1.807, 2.05) is 0 Å². The molecule has 0 spiro atoms. The zero-order valence-electron chi connectivity index (χ0n) is 19.9. The molecule has 1 heterocycles. The predicted molar refractivity (Wildman–Crippen MR) is 128 cm³/mol. The molecule has 1 fully saturated rings. The van der Waals surface area contributed by atoms with Crippen LogP contribution in [-0.4, -0.2) is 71.9 Å². The van der Waals surface area contributed by atoms with Gasteiger partial charge in [-0.1, -0.05) is 6.92 Å². The molecule has 2 aromatic rings. The summed E-state index contributed by atoms with van der Waals surface area (Å²) < 4.78 is 82.9. The molecule has 8 nitrogen and oxygen atoms in total. The van der Waals surface area contributed by atoms with Crippen molar-refractivity contribution in [2.75, 3.05) is 43.1 Å². The van der Waals surface area contributed by atoms with E-state index in [-0.39, 0.29) is 59.9 Å². The van der Waals surface area contributed by atoms with Crippen LogP contribution in [0.15, 0.2) is 40.1 Å². The van der Waals surface area contributed by atoms with Gasteiger partial charge in [0, 0.05) is 32.4 Å². The van der Waals surface area contributed by atoms with Gasteiger partial charge >= 0.3 is 0 Å². The Morgan fingerprint density at radius 3 is 2.17 bits per heavy atom. The number of ether oxygens (including phenoxy) is 1. The number of carbonyl (C=O) groups is 1. The average Bonchev–Trinajstić information content (AvgIpc) is 2.79. The summed E-state index contributed by atoms with van der Waals surface area (Å²) in [5, 5.41) is 0. The molecule has 1 aliphatic heterocycles. The van der Waals surface area contributed by atoms with Crippen LogP contribution in [0, 0.1) is 11.6 Å². The van der Waals surface area contributed by atoms with Crippen LogP contribution < -0.4 is 9.64 Å². The molecule has 35 heavy (non-hydrogen) atoms. The Bertz CT molecular complexity index is 1340. The average molecular weight is 531 g/mol. The van der Waals surface area contributed by atoms with E-state index in [4.69, 9.17) is 4.74 Å². The lowest BCUT2D eigenvalue weighted by Crippen LogP contribution is -2.49. The molecule has 1 saturated heterocycles. The number of piperazine rings is 1. The second-order valence-electron chi connectivity index (χ2n) is 8.49. The molecule has 0 atom stereocenters. The minimum atomic E-state index is -3.92. The standard InChI is InChI=1S/C23H28F2N2O6S2/c1-5-35(31,32)20-9-7-18(21(24)22(20)25)26-10-12-27(13-11-26)23(28)17-14-16(34(4,29)30)6-8-19(17)33-15(2)3/h6-9,14-15H,5,10-13H2,1-4H3. The SMILES string of the molecule is CCS(=O)(=O)c1ccc(N2CCN(C(=O)c3cc(S(C)(=O)=O)ccc3OC(C)C)CC2)c(F)c1F. The van der Waals surface area contributed by atoms with E-state index in [1.54, 1.807) is 13.8 Å². The molecule has 0 N–H and O–H groups in total. The van der Waals surface area contributed by atoms with Gasteiger partial charge in [-0.25, -0.2) is 25.6 Å². The first-order valence-corrected chi connectivity index (χ1v) is 14.6. The number of hydrogen-bond donors (Lipinski definition) is 0. The number of carbonyl (C=O) groups excluding carboxylic acids is 1. The van der Waals surface area contributed by atoms with Gasteiger partial charge in [-0.05, 0) is 44.2 Å². The summed E-state index contributed by atoms with van der Waals surface area (Å²) in [5.41, 5.74) is 0.00832. The summed E-state index contributed by atoms with van der Waals surface area (Å²) in [4.78, 5) is 15.6. The first-order valence-electron chi connectivity index (χ1n) is 11.0. The number of nitrogens with zero attached hydrogens (tertiary/aromatic N) is 2. The number of halogens is 2. The molecular formula is C23H28F2N2O6S2. The number of rotatable bonds is 7. The smallest absolute Gasteiger partial charge is 0.257 e. The Labute approximate surface area is 204 Å². The fourth-order valence-corrected chi connectivity index (χ4v) is 5.34. The van der Waals surface area contributed by atoms with Gasteiger partial charge < -0.3 is 14.5 Å². The molecule has 0 radical (unpaired) electrons. The van der Waals surface area contributed by atoms with Gasteiger partial charge in [0.1, 0.15) is 10.6 Å². The molecule has 0 unspecified atom stereocenters. The number of hydrogen-bond acceptors (Lipinski definition) is 7. The molecule has 1 aliphatic rings. The normalized spacial score (nSPS) is 14.9. The maximum absolute atomic E-state index is 14.7. The van der Waals surface area contributed by atoms with Crippen LogP contribution in [0.2, 0.25) is 0 Å². The summed E-state index contributed by atoms with van der Waals surface area (Å²) in [6, 6.07) is 6.38. The molecule has 192 valence electrons. The van der Waals surface area contributed by atoms with Gasteiger partial charge in [0.15, 0.2) is 31.3 Å². The second kappa shape index (κ2) is 10.1. The van der Waals surface area contributed by atoms with Crippen molar-refractivity contribution in [1.29, 1.82) is 0 Å². The summed E-state index contributed by atoms with van der Waals surface area (Å²) in [7, 11) is -7.48. The van der Waals surface area contributed by atoms with E-state index in [2.05, 4.69) is 0 Å². The predicted octanol–water partition coefficient (Wildman–Crippen LogP) is 2.91. The van der Waals surface area contributed by atoms with Crippen LogP contribution in [0.25, 0.3) is 0 Å². The highest BCUT2D eigenvalue weighted by molar-refractivity contribution is 7.91. The first-order chi connectivity index (χ1) is 16.3. The van der Waals surface area contributed by atoms with E-state index in [0.717, 1.165) is 12.3 Å². The minimum Gasteiger partial charge on any atom is -0.490 e. The number of benzene rings is 2. The Kier molecular flexibility index (Phi) is 7.75. The highest BCUT2D eigenvalue weighted by Crippen LogP contribution is 2.29. The molecule has 0 saturated carbocycles. The fraction of sp³-hybridized carbons (Fsp3) is 0.435. The monoisotopic (exact) mass is 530 g/mol. The van der Waals surface area contributed by atoms with Crippen LogP contribution in [0.4, 0.5) is 14.5 Å². The van der Waals surface area contributed by atoms with E-state index < -0.39 is 42.1 Å². The molecule has 0 aromatic heterocycles. The number of sulfone groups is 2. The Balaban J connectivity index is 1.83. The summed E-state index contributed by atoms with van der Waals surface area (Å²) in [6.07, 6.45) is 0.795. The van der Waals surface area contributed by atoms with Gasteiger partial charge in [0.05, 0.1) is 28.0 Å². The quantitative estimate of drug-likeness (QED) is 0.543. The van der Waals surface area contributed by atoms with Crippen molar-refractivity contribution in [3.63, 3.8) is 0 Å². The molecule has 1 amide bonds. The third-order valence-corrected chi connectivity index (χ3v) is 8.48. The minimum absolute atomic E-state index is 0.0183. The third kappa shape index (κ3) is 5.75. The molecule has 0 aliphatic carbocycles. The van der Waals surface area contributed by atoms with E-state index in [0.29, 0.717) is 0 Å². The van der Waals surface area contributed by atoms with Gasteiger partial charge in [-0.15, -0.1) is 0 Å².